The number of hydrogen-bond acceptors (Lipinski definition) is 4. The zero-order valence-electron chi connectivity index (χ0n) is 9.07. The molecule has 1 aliphatic heterocycles. The van der Waals surface area contributed by atoms with Crippen molar-refractivity contribution in [2.75, 3.05) is 19.7 Å². The maximum atomic E-state index is 11.7. The summed E-state index contributed by atoms with van der Waals surface area (Å²) < 4.78 is 6.41. The van der Waals surface area contributed by atoms with E-state index in [2.05, 4.69) is 26.6 Å². The van der Waals surface area contributed by atoms with Crippen LogP contribution in [0.3, 0.4) is 0 Å². The lowest BCUT2D eigenvalue weighted by Crippen LogP contribution is -2.47. The molecule has 0 spiro atoms. The second-order valence-electron chi connectivity index (χ2n) is 3.51. The fourth-order valence-corrected chi connectivity index (χ4v) is 2.86. The van der Waals surface area contributed by atoms with E-state index in [1.165, 1.54) is 0 Å². The Morgan fingerprint density at radius 2 is 2.53 bits per heavy atom. The van der Waals surface area contributed by atoms with Crippen molar-refractivity contribution in [2.45, 2.75) is 12.6 Å². The van der Waals surface area contributed by atoms with Crippen LogP contribution in [0.15, 0.2) is 15.9 Å². The Hall–Kier alpha value is -0.140. The van der Waals surface area contributed by atoms with Crippen LogP contribution in [-0.4, -0.2) is 31.7 Å². The molecule has 0 radical (unpaired) electrons. The summed E-state index contributed by atoms with van der Waals surface area (Å²) in [7, 11) is 0. The molecule has 0 aromatic carbocycles. The van der Waals surface area contributed by atoms with E-state index in [9.17, 15) is 4.79 Å². The quantitative estimate of drug-likeness (QED) is 0.877. The van der Waals surface area contributed by atoms with Crippen LogP contribution < -0.4 is 10.6 Å². The summed E-state index contributed by atoms with van der Waals surface area (Å²) in [5, 5.41) is 8.00. The van der Waals surface area contributed by atoms with Crippen molar-refractivity contribution in [3.05, 3.63) is 20.8 Å². The molecule has 96 valence electrons. The first kappa shape index (κ1) is 14.9. The standard InChI is InChI=1S/C10H13BrN2O2S.ClH/c11-7-3-8(16-6-7)4-13-10(14)9-5-12-1-2-15-9;/h3,6,9,12H,1-2,4-5H2,(H,13,14);1H. The summed E-state index contributed by atoms with van der Waals surface area (Å²) >= 11 is 5.00. The van der Waals surface area contributed by atoms with Gasteiger partial charge in [-0.25, -0.2) is 0 Å². The number of ether oxygens (including phenoxy) is 1. The monoisotopic (exact) mass is 340 g/mol. The summed E-state index contributed by atoms with van der Waals surface area (Å²) in [4.78, 5) is 12.8. The Balaban J connectivity index is 0.00000144. The fraction of sp³-hybridized carbons (Fsp3) is 0.500. The van der Waals surface area contributed by atoms with Crippen molar-refractivity contribution >= 4 is 45.6 Å². The van der Waals surface area contributed by atoms with E-state index in [1.807, 2.05) is 11.4 Å². The van der Waals surface area contributed by atoms with Crippen LogP contribution in [0.2, 0.25) is 0 Å². The highest BCUT2D eigenvalue weighted by Gasteiger charge is 2.21. The van der Waals surface area contributed by atoms with Crippen LogP contribution in [-0.2, 0) is 16.1 Å². The molecular formula is C10H14BrClN2O2S. The maximum absolute atomic E-state index is 11.7. The largest absolute Gasteiger partial charge is 0.366 e. The van der Waals surface area contributed by atoms with Gasteiger partial charge in [0, 0.05) is 27.8 Å². The number of carbonyl (C=O) groups is 1. The number of nitrogens with one attached hydrogen (secondary N) is 2. The van der Waals surface area contributed by atoms with Crippen molar-refractivity contribution in [3.8, 4) is 0 Å². The van der Waals surface area contributed by atoms with E-state index in [1.54, 1.807) is 11.3 Å². The highest BCUT2D eigenvalue weighted by atomic mass is 79.9. The van der Waals surface area contributed by atoms with Gasteiger partial charge in [-0.2, -0.15) is 0 Å². The highest BCUT2D eigenvalue weighted by Crippen LogP contribution is 2.19. The van der Waals surface area contributed by atoms with Crippen LogP contribution in [0.1, 0.15) is 4.88 Å². The summed E-state index contributed by atoms with van der Waals surface area (Å²) in [6, 6.07) is 2.00. The third-order valence-corrected chi connectivity index (χ3v) is 3.98. The molecule has 0 aliphatic carbocycles. The minimum absolute atomic E-state index is 0. The molecule has 1 aromatic heterocycles. The zero-order chi connectivity index (χ0) is 11.4. The molecule has 4 nitrogen and oxygen atoms in total. The average Bonchev–Trinajstić information content (AvgIpc) is 2.73. The van der Waals surface area contributed by atoms with Gasteiger partial charge in [-0.15, -0.1) is 23.7 Å². The van der Waals surface area contributed by atoms with Crippen LogP contribution >= 0.6 is 39.7 Å². The topological polar surface area (TPSA) is 50.4 Å². The van der Waals surface area contributed by atoms with E-state index in [4.69, 9.17) is 4.74 Å². The summed E-state index contributed by atoms with van der Waals surface area (Å²) in [5.74, 6) is -0.0447. The Labute approximate surface area is 119 Å². The van der Waals surface area contributed by atoms with Crippen LogP contribution in [0.25, 0.3) is 0 Å². The van der Waals surface area contributed by atoms with Crippen molar-refractivity contribution in [3.63, 3.8) is 0 Å². The predicted molar refractivity (Wildman–Crippen MR) is 73.7 cm³/mol. The van der Waals surface area contributed by atoms with Gasteiger partial charge in [0.1, 0.15) is 6.10 Å². The van der Waals surface area contributed by atoms with Gasteiger partial charge in [0.25, 0.3) is 5.91 Å². The molecule has 1 aromatic rings. The van der Waals surface area contributed by atoms with E-state index in [0.29, 0.717) is 19.7 Å². The van der Waals surface area contributed by atoms with E-state index < -0.39 is 0 Å². The Morgan fingerprint density at radius 1 is 1.71 bits per heavy atom. The summed E-state index contributed by atoms with van der Waals surface area (Å²) in [6.07, 6.45) is -0.350. The number of halogens is 2. The lowest BCUT2D eigenvalue weighted by Gasteiger charge is -2.22. The average molecular weight is 342 g/mol. The summed E-state index contributed by atoms with van der Waals surface area (Å²) in [6.45, 7) is 2.58. The molecule has 2 heterocycles. The molecule has 0 bridgehead atoms. The highest BCUT2D eigenvalue weighted by molar-refractivity contribution is 9.10. The van der Waals surface area contributed by atoms with Crippen molar-refractivity contribution in [2.24, 2.45) is 0 Å². The molecule has 2 rings (SSSR count). The third-order valence-electron chi connectivity index (χ3n) is 2.28. The second-order valence-corrected chi connectivity index (χ2v) is 5.42. The van der Waals surface area contributed by atoms with Gasteiger partial charge in [0.15, 0.2) is 0 Å². The van der Waals surface area contributed by atoms with Crippen LogP contribution in [0.4, 0.5) is 0 Å². The van der Waals surface area contributed by atoms with Gasteiger partial charge in [-0.3, -0.25) is 4.79 Å². The number of rotatable bonds is 3. The van der Waals surface area contributed by atoms with Gasteiger partial charge < -0.3 is 15.4 Å². The lowest BCUT2D eigenvalue weighted by molar-refractivity contribution is -0.134. The van der Waals surface area contributed by atoms with Crippen molar-refractivity contribution in [1.29, 1.82) is 0 Å². The minimum Gasteiger partial charge on any atom is -0.366 e. The molecule has 1 amide bonds. The Kier molecular flexibility index (Phi) is 6.43. The van der Waals surface area contributed by atoms with E-state index >= 15 is 0 Å². The molecule has 1 fully saturated rings. The molecule has 1 unspecified atom stereocenters. The van der Waals surface area contributed by atoms with Crippen LogP contribution in [0.5, 0.6) is 0 Å². The lowest BCUT2D eigenvalue weighted by atomic mass is 10.3. The van der Waals surface area contributed by atoms with Crippen molar-refractivity contribution in [1.82, 2.24) is 10.6 Å². The van der Waals surface area contributed by atoms with Gasteiger partial charge in [-0.1, -0.05) is 0 Å². The third kappa shape index (κ3) is 4.56. The molecule has 1 saturated heterocycles. The molecule has 7 heteroatoms. The number of morpholine rings is 1. The first-order valence-corrected chi connectivity index (χ1v) is 6.76. The molecule has 0 saturated carbocycles. The smallest absolute Gasteiger partial charge is 0.250 e. The van der Waals surface area contributed by atoms with Crippen LogP contribution in [0, 0.1) is 0 Å². The Morgan fingerprint density at radius 3 is 3.12 bits per heavy atom. The first-order valence-electron chi connectivity index (χ1n) is 5.08. The first-order chi connectivity index (χ1) is 7.75. The Bertz CT molecular complexity index is 369. The minimum atomic E-state index is -0.350. The molecule has 1 atom stereocenters. The second kappa shape index (κ2) is 7.33. The molecule has 1 aliphatic rings. The van der Waals surface area contributed by atoms with Crippen molar-refractivity contribution < 1.29 is 9.53 Å². The maximum Gasteiger partial charge on any atom is 0.250 e. The van der Waals surface area contributed by atoms with Gasteiger partial charge in [0.2, 0.25) is 0 Å². The number of amides is 1. The van der Waals surface area contributed by atoms with Gasteiger partial charge in [-0.05, 0) is 22.0 Å². The number of hydrogen-bond donors (Lipinski definition) is 2. The normalized spacial score (nSPS) is 19.5. The number of thiophene rings is 1. The van der Waals surface area contributed by atoms with Gasteiger partial charge >= 0.3 is 0 Å². The van der Waals surface area contributed by atoms with Gasteiger partial charge in [0.05, 0.1) is 13.2 Å². The SMILES string of the molecule is Cl.O=C(NCc1cc(Br)cs1)C1CNCCO1. The zero-order valence-corrected chi connectivity index (χ0v) is 12.3. The van der Waals surface area contributed by atoms with E-state index in [-0.39, 0.29) is 24.4 Å². The van der Waals surface area contributed by atoms with E-state index in [0.717, 1.165) is 15.9 Å². The molecule has 17 heavy (non-hydrogen) atoms. The summed E-state index contributed by atoms with van der Waals surface area (Å²) in [5.41, 5.74) is 0. The fourth-order valence-electron chi connectivity index (χ4n) is 1.47. The molecular weight excluding hydrogens is 328 g/mol. The number of carbonyl (C=O) groups excluding carboxylic acids is 1. The molecule has 2 N–H and O–H groups in total. The predicted octanol–water partition coefficient (Wildman–Crippen LogP) is 1.54.